The lowest BCUT2D eigenvalue weighted by Gasteiger charge is -2.07. The van der Waals surface area contributed by atoms with Crippen molar-refractivity contribution < 1.29 is 37.8 Å². The van der Waals surface area contributed by atoms with Crippen LogP contribution >= 0.6 is 0 Å². The minimum Gasteiger partial charge on any atom is -0.465 e. The molecule has 0 atom stereocenters. The third-order valence-electron chi connectivity index (χ3n) is 3.82. The first-order valence-corrected chi connectivity index (χ1v) is 8.81. The largest absolute Gasteiger partial charge is 0.465 e. The van der Waals surface area contributed by atoms with Crippen LogP contribution in [0.3, 0.4) is 0 Å². The summed E-state index contributed by atoms with van der Waals surface area (Å²) in [7, 11) is 1.23. The van der Waals surface area contributed by atoms with Crippen molar-refractivity contribution >= 4 is 29.7 Å². The summed E-state index contributed by atoms with van der Waals surface area (Å²) in [5.41, 5.74) is -0.0627. The first-order valence-electron chi connectivity index (χ1n) is 8.81. The van der Waals surface area contributed by atoms with Gasteiger partial charge in [0.2, 0.25) is 5.88 Å². The number of methoxy groups -OCH3 is 1. The SMILES string of the molecule is CCOC(=O)c1c(C)oc(NC(=O)c2cccc(C(=O)OC)c2)c1C(=O)OCC. The van der Waals surface area contributed by atoms with Gasteiger partial charge in [-0.25, -0.2) is 14.4 Å². The molecule has 29 heavy (non-hydrogen) atoms. The average molecular weight is 403 g/mol. The van der Waals surface area contributed by atoms with E-state index in [1.54, 1.807) is 13.8 Å². The fourth-order valence-corrected chi connectivity index (χ4v) is 2.56. The van der Waals surface area contributed by atoms with E-state index in [0.717, 1.165) is 0 Å². The van der Waals surface area contributed by atoms with E-state index < -0.39 is 23.8 Å². The van der Waals surface area contributed by atoms with Crippen molar-refractivity contribution in [3.63, 3.8) is 0 Å². The highest BCUT2D eigenvalue weighted by atomic mass is 16.5. The summed E-state index contributed by atoms with van der Waals surface area (Å²) in [4.78, 5) is 49.0. The zero-order chi connectivity index (χ0) is 21.6. The minimum absolute atomic E-state index is 0.0554. The van der Waals surface area contributed by atoms with E-state index in [1.165, 1.54) is 38.3 Å². The third kappa shape index (κ3) is 4.81. The molecule has 0 fully saturated rings. The maximum Gasteiger partial charge on any atom is 0.344 e. The lowest BCUT2D eigenvalue weighted by molar-refractivity contribution is 0.0480. The van der Waals surface area contributed by atoms with E-state index >= 15 is 0 Å². The van der Waals surface area contributed by atoms with E-state index in [1.807, 2.05) is 0 Å². The van der Waals surface area contributed by atoms with Gasteiger partial charge in [0.25, 0.3) is 5.91 Å². The van der Waals surface area contributed by atoms with Gasteiger partial charge in [0.15, 0.2) is 0 Å². The lowest BCUT2D eigenvalue weighted by atomic mass is 10.1. The predicted molar refractivity (Wildman–Crippen MR) is 101 cm³/mol. The molecule has 0 bridgehead atoms. The number of furan rings is 1. The van der Waals surface area contributed by atoms with Gasteiger partial charge in [0.1, 0.15) is 16.9 Å². The molecule has 0 saturated heterocycles. The van der Waals surface area contributed by atoms with Gasteiger partial charge in [0.05, 0.1) is 25.9 Å². The molecule has 0 unspecified atom stereocenters. The molecule has 9 nitrogen and oxygen atoms in total. The van der Waals surface area contributed by atoms with Crippen LogP contribution in [0, 0.1) is 6.92 Å². The van der Waals surface area contributed by atoms with Crippen LogP contribution in [0.15, 0.2) is 28.7 Å². The molecule has 9 heteroatoms. The Balaban J connectivity index is 2.43. The molecule has 0 aliphatic carbocycles. The van der Waals surface area contributed by atoms with Crippen LogP contribution in [0.2, 0.25) is 0 Å². The monoisotopic (exact) mass is 403 g/mol. The molecule has 1 heterocycles. The Morgan fingerprint density at radius 1 is 0.931 bits per heavy atom. The van der Waals surface area contributed by atoms with Gasteiger partial charge in [-0.05, 0) is 39.0 Å². The van der Waals surface area contributed by atoms with Gasteiger partial charge in [-0.15, -0.1) is 0 Å². The Morgan fingerprint density at radius 3 is 2.10 bits per heavy atom. The molecule has 1 N–H and O–H groups in total. The number of nitrogens with one attached hydrogen (secondary N) is 1. The van der Waals surface area contributed by atoms with E-state index in [-0.39, 0.29) is 47.1 Å². The van der Waals surface area contributed by atoms with Crippen LogP contribution in [0.4, 0.5) is 5.88 Å². The fourth-order valence-electron chi connectivity index (χ4n) is 2.56. The van der Waals surface area contributed by atoms with Crippen LogP contribution in [0.1, 0.15) is 61.0 Å². The van der Waals surface area contributed by atoms with E-state index in [9.17, 15) is 19.2 Å². The molecule has 0 saturated carbocycles. The number of benzene rings is 1. The Bertz CT molecular complexity index is 944. The molecular weight excluding hydrogens is 382 g/mol. The van der Waals surface area contributed by atoms with Crippen molar-refractivity contribution in [3.8, 4) is 0 Å². The number of esters is 3. The van der Waals surface area contributed by atoms with E-state index in [2.05, 4.69) is 10.1 Å². The summed E-state index contributed by atoms with van der Waals surface area (Å²) < 4.78 is 20.0. The Hall–Kier alpha value is -3.62. The van der Waals surface area contributed by atoms with Crippen molar-refractivity contribution in [3.05, 3.63) is 52.3 Å². The second-order valence-electron chi connectivity index (χ2n) is 5.70. The van der Waals surface area contributed by atoms with Gasteiger partial charge < -0.3 is 18.6 Å². The van der Waals surface area contributed by atoms with Crippen molar-refractivity contribution in [1.82, 2.24) is 0 Å². The van der Waals surface area contributed by atoms with Gasteiger partial charge in [-0.3, -0.25) is 10.1 Å². The van der Waals surface area contributed by atoms with Crippen molar-refractivity contribution in [2.24, 2.45) is 0 Å². The molecule has 1 aromatic heterocycles. The highest BCUT2D eigenvalue weighted by molar-refractivity contribution is 6.12. The van der Waals surface area contributed by atoms with Crippen LogP contribution < -0.4 is 5.32 Å². The summed E-state index contributed by atoms with van der Waals surface area (Å²) in [5, 5.41) is 2.44. The first kappa shape index (κ1) is 21.7. The van der Waals surface area contributed by atoms with Crippen molar-refractivity contribution in [2.45, 2.75) is 20.8 Å². The number of rotatable bonds is 7. The van der Waals surface area contributed by atoms with Gasteiger partial charge in [-0.2, -0.15) is 0 Å². The summed E-state index contributed by atoms with van der Waals surface area (Å²) >= 11 is 0. The molecule has 1 aromatic carbocycles. The topological polar surface area (TPSA) is 121 Å². The maximum absolute atomic E-state index is 12.6. The molecular formula is C20H21NO8. The zero-order valence-corrected chi connectivity index (χ0v) is 16.5. The van der Waals surface area contributed by atoms with Crippen LogP contribution in [-0.4, -0.2) is 44.1 Å². The maximum atomic E-state index is 12.6. The van der Waals surface area contributed by atoms with Crippen molar-refractivity contribution in [1.29, 1.82) is 0 Å². The Morgan fingerprint density at radius 2 is 1.52 bits per heavy atom. The minimum atomic E-state index is -0.842. The molecule has 2 aromatic rings. The van der Waals surface area contributed by atoms with E-state index in [0.29, 0.717) is 0 Å². The highest BCUT2D eigenvalue weighted by Gasteiger charge is 2.31. The lowest BCUT2D eigenvalue weighted by Crippen LogP contribution is -2.18. The Labute approximate surface area is 166 Å². The molecule has 1 amide bonds. The normalized spacial score (nSPS) is 10.2. The average Bonchev–Trinajstić information content (AvgIpc) is 3.03. The van der Waals surface area contributed by atoms with Crippen LogP contribution in [0.25, 0.3) is 0 Å². The van der Waals surface area contributed by atoms with Crippen molar-refractivity contribution in [2.75, 3.05) is 25.6 Å². The first-order chi connectivity index (χ1) is 13.8. The molecule has 0 radical (unpaired) electrons. The second-order valence-corrected chi connectivity index (χ2v) is 5.70. The summed E-state index contributed by atoms with van der Waals surface area (Å²) in [6.45, 7) is 4.83. The number of carbonyl (C=O) groups excluding carboxylic acids is 4. The molecule has 0 aliphatic rings. The number of hydrogen-bond donors (Lipinski definition) is 1. The van der Waals surface area contributed by atoms with Gasteiger partial charge in [0, 0.05) is 5.56 Å². The molecule has 154 valence electrons. The summed E-state index contributed by atoms with van der Waals surface area (Å²) in [6.07, 6.45) is 0. The highest BCUT2D eigenvalue weighted by Crippen LogP contribution is 2.29. The molecule has 2 rings (SSSR count). The van der Waals surface area contributed by atoms with E-state index in [4.69, 9.17) is 13.9 Å². The molecule has 0 aliphatic heterocycles. The smallest absolute Gasteiger partial charge is 0.344 e. The standard InChI is InChI=1S/C20H21NO8/c1-5-27-19(24)14-11(3)29-17(15(14)20(25)28-6-2)21-16(22)12-8-7-9-13(10-12)18(23)26-4/h7-10H,5-6H2,1-4H3,(H,21,22). The third-order valence-corrected chi connectivity index (χ3v) is 3.82. The van der Waals surface area contributed by atoms with Crippen LogP contribution in [-0.2, 0) is 14.2 Å². The Kier molecular flexibility index (Phi) is 7.13. The number of hydrogen-bond acceptors (Lipinski definition) is 8. The fraction of sp³-hybridized carbons (Fsp3) is 0.300. The molecule has 0 spiro atoms. The number of amides is 1. The number of carbonyl (C=O) groups is 4. The summed E-state index contributed by atoms with van der Waals surface area (Å²) in [6, 6.07) is 5.79. The number of anilines is 1. The summed E-state index contributed by atoms with van der Waals surface area (Å²) in [5.74, 6) is -3.05. The second kappa shape index (κ2) is 9.54. The quantitative estimate of drug-likeness (QED) is 0.553. The number of aryl methyl sites for hydroxylation is 1. The van der Waals surface area contributed by atoms with Gasteiger partial charge >= 0.3 is 17.9 Å². The number of ether oxygens (including phenoxy) is 3. The zero-order valence-electron chi connectivity index (χ0n) is 16.5. The predicted octanol–water partition coefficient (Wildman–Crippen LogP) is 2.98. The van der Waals surface area contributed by atoms with Crippen LogP contribution in [0.5, 0.6) is 0 Å². The van der Waals surface area contributed by atoms with Gasteiger partial charge in [-0.1, -0.05) is 6.07 Å².